The number of rotatable bonds is 2. The van der Waals surface area contributed by atoms with Crippen LogP contribution in [-0.4, -0.2) is 13.2 Å². The molecule has 62 valence electrons. The van der Waals surface area contributed by atoms with Crippen molar-refractivity contribution in [2.24, 2.45) is 0 Å². The topological polar surface area (TPSA) is 25.1 Å². The van der Waals surface area contributed by atoms with Crippen molar-refractivity contribution in [1.82, 2.24) is 0 Å². The molecule has 2 heterocycles. The first-order valence-electron chi connectivity index (χ1n) is 4.26. The highest BCUT2D eigenvalue weighted by Crippen LogP contribution is 2.33. The molecule has 2 nitrogen and oxygen atoms in total. The lowest BCUT2D eigenvalue weighted by molar-refractivity contribution is 0.412. The van der Waals surface area contributed by atoms with Gasteiger partial charge in [-0.05, 0) is 11.1 Å². The number of ether oxygens (including phenoxy) is 2. The fourth-order valence-corrected chi connectivity index (χ4v) is 1.41. The van der Waals surface area contributed by atoms with Gasteiger partial charge in [0.15, 0.2) is 0 Å². The quantitative estimate of drug-likeness (QED) is 0.620. The van der Waals surface area contributed by atoms with Gasteiger partial charge in [0.25, 0.3) is 0 Å². The van der Waals surface area contributed by atoms with E-state index in [1.807, 2.05) is 0 Å². The minimum absolute atomic E-state index is 0.374. The molecule has 2 aliphatic heterocycles. The number of hydrogen-bond acceptors (Lipinski definition) is 2. The number of benzene rings is 1. The summed E-state index contributed by atoms with van der Waals surface area (Å²) in [6.45, 7) is 1.78. The molecule has 0 saturated carbocycles. The first-order chi connectivity index (χ1) is 5.93. The molecule has 2 fully saturated rings. The molecule has 1 aromatic carbocycles. The van der Waals surface area contributed by atoms with E-state index in [4.69, 9.17) is 9.47 Å². The molecule has 2 saturated heterocycles. The molecule has 0 unspecified atom stereocenters. The van der Waals surface area contributed by atoms with Crippen LogP contribution in [0.2, 0.25) is 0 Å². The summed E-state index contributed by atoms with van der Waals surface area (Å²) in [5.74, 6) is 0. The fraction of sp³-hybridized carbons (Fsp3) is 0.400. The summed E-state index contributed by atoms with van der Waals surface area (Å²) in [6, 6.07) is 8.53. The van der Waals surface area contributed by atoms with Crippen molar-refractivity contribution in [2.75, 3.05) is 13.2 Å². The number of hydrogen-bond donors (Lipinski definition) is 0. The van der Waals surface area contributed by atoms with Crippen LogP contribution in [0.25, 0.3) is 0 Å². The van der Waals surface area contributed by atoms with Crippen LogP contribution >= 0.6 is 0 Å². The largest absolute Gasteiger partial charge is 0.368 e. The average Bonchev–Trinajstić information content (AvgIpc) is 2.98. The van der Waals surface area contributed by atoms with Gasteiger partial charge in [0.2, 0.25) is 0 Å². The summed E-state index contributed by atoms with van der Waals surface area (Å²) in [6.07, 6.45) is 0.748. The molecule has 3 rings (SSSR count). The van der Waals surface area contributed by atoms with E-state index in [2.05, 4.69) is 24.3 Å². The Bertz CT molecular complexity index is 252. The smallest absolute Gasteiger partial charge is 0.106 e. The highest BCUT2D eigenvalue weighted by atomic mass is 16.6. The Morgan fingerprint density at radius 3 is 1.42 bits per heavy atom. The van der Waals surface area contributed by atoms with E-state index in [1.165, 1.54) is 11.1 Å². The van der Waals surface area contributed by atoms with Crippen LogP contribution in [0.1, 0.15) is 23.3 Å². The second-order valence-corrected chi connectivity index (χ2v) is 3.31. The van der Waals surface area contributed by atoms with Gasteiger partial charge in [-0.2, -0.15) is 0 Å². The van der Waals surface area contributed by atoms with Crippen molar-refractivity contribution >= 4 is 0 Å². The predicted octanol–water partition coefficient (Wildman–Crippen LogP) is 1.83. The lowest BCUT2D eigenvalue weighted by atomic mass is 10.1. The second kappa shape index (κ2) is 2.31. The molecule has 0 radical (unpaired) electrons. The zero-order valence-electron chi connectivity index (χ0n) is 6.69. The predicted molar refractivity (Wildman–Crippen MR) is 43.8 cm³/mol. The lowest BCUT2D eigenvalue weighted by Crippen LogP contribution is -1.83. The monoisotopic (exact) mass is 162 g/mol. The van der Waals surface area contributed by atoms with Gasteiger partial charge in [-0.15, -0.1) is 0 Å². The van der Waals surface area contributed by atoms with Crippen molar-refractivity contribution in [3.63, 3.8) is 0 Å². The fourth-order valence-electron chi connectivity index (χ4n) is 1.41. The molecule has 2 aliphatic rings. The Balaban J connectivity index is 1.86. The molecule has 0 aliphatic carbocycles. The number of epoxide rings is 2. The first-order valence-corrected chi connectivity index (χ1v) is 4.26. The van der Waals surface area contributed by atoms with Crippen LogP contribution in [0.15, 0.2) is 24.3 Å². The second-order valence-electron chi connectivity index (χ2n) is 3.31. The normalized spacial score (nSPS) is 31.7. The van der Waals surface area contributed by atoms with Crippen molar-refractivity contribution in [1.29, 1.82) is 0 Å². The summed E-state index contributed by atoms with van der Waals surface area (Å²) in [5.41, 5.74) is 2.58. The standard InChI is InChI=1S/C10H10O2/c1-2-8(10-6-12-10)4-3-7(1)9-5-11-9/h1-4,9-10H,5-6H2/t9-,10+. The van der Waals surface area contributed by atoms with Gasteiger partial charge in [-0.25, -0.2) is 0 Å². The summed E-state index contributed by atoms with van der Waals surface area (Å²) in [5, 5.41) is 0. The SMILES string of the molecule is c1cc([C@H]2CO2)ccc1[C@@H]1CO1. The van der Waals surface area contributed by atoms with Gasteiger partial charge in [0.05, 0.1) is 13.2 Å². The van der Waals surface area contributed by atoms with Gasteiger partial charge < -0.3 is 9.47 Å². The van der Waals surface area contributed by atoms with Crippen molar-refractivity contribution in [2.45, 2.75) is 12.2 Å². The molecule has 0 amide bonds. The van der Waals surface area contributed by atoms with E-state index in [1.54, 1.807) is 0 Å². The zero-order valence-corrected chi connectivity index (χ0v) is 6.69. The summed E-state index contributed by atoms with van der Waals surface area (Å²) in [7, 11) is 0. The molecule has 2 atom stereocenters. The van der Waals surface area contributed by atoms with Gasteiger partial charge in [-0.1, -0.05) is 24.3 Å². The van der Waals surface area contributed by atoms with Gasteiger partial charge in [0.1, 0.15) is 12.2 Å². The maximum atomic E-state index is 5.18. The lowest BCUT2D eigenvalue weighted by Gasteiger charge is -1.97. The van der Waals surface area contributed by atoms with Crippen molar-refractivity contribution in [3.05, 3.63) is 35.4 Å². The molecule has 0 spiro atoms. The van der Waals surface area contributed by atoms with E-state index >= 15 is 0 Å². The van der Waals surface area contributed by atoms with Crippen LogP contribution in [0.3, 0.4) is 0 Å². The summed E-state index contributed by atoms with van der Waals surface area (Å²) in [4.78, 5) is 0. The molecule has 0 aromatic heterocycles. The minimum atomic E-state index is 0.374. The Hall–Kier alpha value is -0.860. The van der Waals surface area contributed by atoms with E-state index in [9.17, 15) is 0 Å². The van der Waals surface area contributed by atoms with E-state index in [0.717, 1.165) is 13.2 Å². The van der Waals surface area contributed by atoms with E-state index in [-0.39, 0.29) is 0 Å². The Kier molecular flexibility index (Phi) is 1.28. The molecule has 0 N–H and O–H groups in total. The Morgan fingerprint density at radius 2 is 1.17 bits per heavy atom. The zero-order chi connectivity index (χ0) is 7.97. The van der Waals surface area contributed by atoms with E-state index in [0.29, 0.717) is 12.2 Å². The molecule has 1 aromatic rings. The molecule has 2 heteroatoms. The van der Waals surface area contributed by atoms with E-state index < -0.39 is 0 Å². The first kappa shape index (κ1) is 6.63. The Morgan fingerprint density at radius 1 is 0.833 bits per heavy atom. The third kappa shape index (κ3) is 1.13. The van der Waals surface area contributed by atoms with Crippen LogP contribution < -0.4 is 0 Å². The van der Waals surface area contributed by atoms with Crippen LogP contribution in [0.4, 0.5) is 0 Å². The minimum Gasteiger partial charge on any atom is -0.368 e. The van der Waals surface area contributed by atoms with Crippen molar-refractivity contribution < 1.29 is 9.47 Å². The van der Waals surface area contributed by atoms with Crippen LogP contribution in [0.5, 0.6) is 0 Å². The molecular formula is C10H10O2. The Labute approximate surface area is 71.1 Å². The maximum Gasteiger partial charge on any atom is 0.106 e. The maximum absolute atomic E-state index is 5.18. The van der Waals surface area contributed by atoms with Gasteiger partial charge in [0, 0.05) is 0 Å². The highest BCUT2D eigenvalue weighted by molar-refractivity contribution is 5.28. The summed E-state index contributed by atoms with van der Waals surface area (Å²) >= 11 is 0. The van der Waals surface area contributed by atoms with Crippen molar-refractivity contribution in [3.8, 4) is 0 Å². The molecular weight excluding hydrogens is 152 g/mol. The van der Waals surface area contributed by atoms with Crippen LogP contribution in [0, 0.1) is 0 Å². The third-order valence-electron chi connectivity index (χ3n) is 2.35. The third-order valence-corrected chi connectivity index (χ3v) is 2.35. The average molecular weight is 162 g/mol. The van der Waals surface area contributed by atoms with Gasteiger partial charge in [-0.3, -0.25) is 0 Å². The van der Waals surface area contributed by atoms with Crippen LogP contribution in [-0.2, 0) is 9.47 Å². The highest BCUT2D eigenvalue weighted by Gasteiger charge is 2.27. The summed E-state index contributed by atoms with van der Waals surface area (Å²) < 4.78 is 10.4. The molecule has 0 bridgehead atoms. The molecule has 12 heavy (non-hydrogen) atoms. The van der Waals surface area contributed by atoms with Gasteiger partial charge >= 0.3 is 0 Å².